The lowest BCUT2D eigenvalue weighted by Gasteiger charge is -2.28. The Labute approximate surface area is 123 Å². The SMILES string of the molecule is CC(C)CC1(C(=O)Nc2nc(CCl)cs2)CCCC1. The van der Waals surface area contributed by atoms with Crippen molar-refractivity contribution in [2.75, 3.05) is 5.32 Å². The number of amides is 1. The van der Waals surface area contributed by atoms with Gasteiger partial charge < -0.3 is 5.32 Å². The molecule has 0 saturated heterocycles. The predicted octanol–water partition coefficient (Wildman–Crippen LogP) is 4.43. The molecular formula is C14H21ClN2OS. The Hall–Kier alpha value is -0.610. The van der Waals surface area contributed by atoms with E-state index in [0.29, 0.717) is 16.9 Å². The van der Waals surface area contributed by atoms with Crippen LogP contribution in [0.25, 0.3) is 0 Å². The van der Waals surface area contributed by atoms with Gasteiger partial charge in [0.2, 0.25) is 5.91 Å². The van der Waals surface area contributed by atoms with Gasteiger partial charge in [-0.05, 0) is 25.2 Å². The van der Waals surface area contributed by atoms with Gasteiger partial charge in [0.05, 0.1) is 11.6 Å². The van der Waals surface area contributed by atoms with Gasteiger partial charge in [0.1, 0.15) is 0 Å². The molecule has 1 amide bonds. The van der Waals surface area contributed by atoms with Crippen molar-refractivity contribution in [3.8, 4) is 0 Å². The number of carbonyl (C=O) groups is 1. The highest BCUT2D eigenvalue weighted by molar-refractivity contribution is 7.14. The van der Waals surface area contributed by atoms with E-state index in [9.17, 15) is 4.79 Å². The molecule has 1 aliphatic carbocycles. The fraction of sp³-hybridized carbons (Fsp3) is 0.714. The van der Waals surface area contributed by atoms with Crippen LogP contribution in [0.1, 0.15) is 51.6 Å². The third-order valence-electron chi connectivity index (χ3n) is 3.75. The second-order valence-corrected chi connectivity index (χ2v) is 6.94. The third-order valence-corrected chi connectivity index (χ3v) is 4.83. The Bertz CT molecular complexity index is 438. The summed E-state index contributed by atoms with van der Waals surface area (Å²) in [5.74, 6) is 1.08. The maximum absolute atomic E-state index is 12.6. The van der Waals surface area contributed by atoms with Crippen LogP contribution in [0.15, 0.2) is 5.38 Å². The van der Waals surface area contributed by atoms with Crippen LogP contribution in [0.2, 0.25) is 0 Å². The van der Waals surface area contributed by atoms with Gasteiger partial charge in [-0.15, -0.1) is 22.9 Å². The summed E-state index contributed by atoms with van der Waals surface area (Å²) in [5.41, 5.74) is 0.646. The van der Waals surface area contributed by atoms with Crippen LogP contribution in [0.4, 0.5) is 5.13 Å². The zero-order valence-corrected chi connectivity index (χ0v) is 13.1. The molecule has 0 bridgehead atoms. The van der Waals surface area contributed by atoms with E-state index in [1.165, 1.54) is 11.3 Å². The van der Waals surface area contributed by atoms with E-state index in [2.05, 4.69) is 24.1 Å². The standard InChI is InChI=1S/C14H21ClN2OS/c1-10(2)7-14(5-3-4-6-14)12(18)17-13-16-11(8-15)9-19-13/h9-10H,3-8H2,1-2H3,(H,16,17,18). The summed E-state index contributed by atoms with van der Waals surface area (Å²) >= 11 is 7.18. The largest absolute Gasteiger partial charge is 0.301 e. The van der Waals surface area contributed by atoms with Crippen molar-refractivity contribution in [3.63, 3.8) is 0 Å². The van der Waals surface area contributed by atoms with Gasteiger partial charge in [-0.25, -0.2) is 4.98 Å². The van der Waals surface area contributed by atoms with Crippen LogP contribution in [0.5, 0.6) is 0 Å². The van der Waals surface area contributed by atoms with Gasteiger partial charge in [-0.1, -0.05) is 26.7 Å². The summed E-state index contributed by atoms with van der Waals surface area (Å²) in [6, 6.07) is 0. The lowest BCUT2D eigenvalue weighted by Crippen LogP contribution is -2.35. The van der Waals surface area contributed by atoms with E-state index in [1.807, 2.05) is 5.38 Å². The molecule has 0 unspecified atom stereocenters. The lowest BCUT2D eigenvalue weighted by atomic mass is 9.78. The van der Waals surface area contributed by atoms with Crippen molar-refractivity contribution in [1.29, 1.82) is 0 Å². The molecule has 0 aromatic carbocycles. The summed E-state index contributed by atoms with van der Waals surface area (Å²) in [4.78, 5) is 16.9. The minimum absolute atomic E-state index is 0.147. The maximum Gasteiger partial charge on any atom is 0.232 e. The minimum Gasteiger partial charge on any atom is -0.301 e. The highest BCUT2D eigenvalue weighted by Gasteiger charge is 2.41. The van der Waals surface area contributed by atoms with Crippen LogP contribution >= 0.6 is 22.9 Å². The molecule has 1 saturated carbocycles. The van der Waals surface area contributed by atoms with Crippen LogP contribution in [-0.4, -0.2) is 10.9 Å². The second-order valence-electron chi connectivity index (χ2n) is 5.82. The highest BCUT2D eigenvalue weighted by Crippen LogP contribution is 2.44. The van der Waals surface area contributed by atoms with Crippen LogP contribution in [0, 0.1) is 11.3 Å². The Kier molecular flexibility index (Phi) is 4.85. The molecule has 3 nitrogen and oxygen atoms in total. The van der Waals surface area contributed by atoms with E-state index in [1.54, 1.807) is 0 Å². The molecule has 0 spiro atoms. The first-order valence-corrected chi connectivity index (χ1v) is 8.29. The Morgan fingerprint density at radius 1 is 1.53 bits per heavy atom. The molecule has 0 atom stereocenters. The predicted molar refractivity (Wildman–Crippen MR) is 80.7 cm³/mol. The monoisotopic (exact) mass is 300 g/mol. The third kappa shape index (κ3) is 3.48. The van der Waals surface area contributed by atoms with E-state index < -0.39 is 0 Å². The van der Waals surface area contributed by atoms with Crippen molar-refractivity contribution >= 4 is 34.0 Å². The van der Waals surface area contributed by atoms with Crippen molar-refractivity contribution in [1.82, 2.24) is 4.98 Å². The Morgan fingerprint density at radius 3 is 2.74 bits per heavy atom. The van der Waals surface area contributed by atoms with E-state index >= 15 is 0 Å². The molecule has 5 heteroatoms. The fourth-order valence-electron chi connectivity index (χ4n) is 3.01. The van der Waals surface area contributed by atoms with Gasteiger partial charge in [0, 0.05) is 10.8 Å². The number of hydrogen-bond acceptors (Lipinski definition) is 3. The van der Waals surface area contributed by atoms with Crippen molar-refractivity contribution in [2.24, 2.45) is 11.3 Å². The number of hydrogen-bond donors (Lipinski definition) is 1. The van der Waals surface area contributed by atoms with E-state index in [-0.39, 0.29) is 11.3 Å². The summed E-state index contributed by atoms with van der Waals surface area (Å²) in [5, 5.41) is 5.57. The number of nitrogens with one attached hydrogen (secondary N) is 1. The van der Waals surface area contributed by atoms with Crippen molar-refractivity contribution in [3.05, 3.63) is 11.1 Å². The van der Waals surface area contributed by atoms with Gasteiger partial charge in [0.25, 0.3) is 0 Å². The topological polar surface area (TPSA) is 42.0 Å². The number of nitrogens with zero attached hydrogens (tertiary/aromatic N) is 1. The summed E-state index contributed by atoms with van der Waals surface area (Å²) in [6.45, 7) is 4.37. The van der Waals surface area contributed by atoms with E-state index in [4.69, 9.17) is 11.6 Å². The maximum atomic E-state index is 12.6. The molecule has 0 radical (unpaired) electrons. The first kappa shape index (κ1) is 14.8. The zero-order chi connectivity index (χ0) is 13.9. The average Bonchev–Trinajstić information content (AvgIpc) is 2.98. The molecule has 1 N–H and O–H groups in total. The fourth-order valence-corrected chi connectivity index (χ4v) is 3.95. The van der Waals surface area contributed by atoms with Crippen LogP contribution in [0.3, 0.4) is 0 Å². The Morgan fingerprint density at radius 2 is 2.21 bits per heavy atom. The molecule has 1 aliphatic rings. The molecular weight excluding hydrogens is 280 g/mol. The molecule has 0 aliphatic heterocycles. The molecule has 19 heavy (non-hydrogen) atoms. The number of thiazole rings is 1. The average molecular weight is 301 g/mol. The van der Waals surface area contributed by atoms with Gasteiger partial charge >= 0.3 is 0 Å². The first-order valence-electron chi connectivity index (χ1n) is 6.87. The molecule has 1 heterocycles. The van der Waals surface area contributed by atoms with Crippen LogP contribution in [-0.2, 0) is 10.7 Å². The lowest BCUT2D eigenvalue weighted by molar-refractivity contribution is -0.126. The number of halogens is 1. The zero-order valence-electron chi connectivity index (χ0n) is 11.5. The summed E-state index contributed by atoms with van der Waals surface area (Å²) < 4.78 is 0. The van der Waals surface area contributed by atoms with Gasteiger partial charge in [-0.3, -0.25) is 4.79 Å². The van der Waals surface area contributed by atoms with Gasteiger partial charge in [0.15, 0.2) is 5.13 Å². The Balaban J connectivity index is 2.07. The van der Waals surface area contributed by atoms with Crippen molar-refractivity contribution in [2.45, 2.75) is 51.8 Å². The number of rotatable bonds is 5. The van der Waals surface area contributed by atoms with E-state index in [0.717, 1.165) is 37.8 Å². The number of aromatic nitrogens is 1. The highest BCUT2D eigenvalue weighted by atomic mass is 35.5. The summed E-state index contributed by atoms with van der Waals surface area (Å²) in [7, 11) is 0. The number of alkyl halides is 1. The first-order chi connectivity index (χ1) is 9.05. The smallest absolute Gasteiger partial charge is 0.232 e. The van der Waals surface area contributed by atoms with Gasteiger partial charge in [-0.2, -0.15) is 0 Å². The number of anilines is 1. The van der Waals surface area contributed by atoms with Crippen molar-refractivity contribution < 1.29 is 4.79 Å². The molecule has 1 fully saturated rings. The second kappa shape index (κ2) is 6.23. The molecule has 106 valence electrons. The number of carbonyl (C=O) groups excluding carboxylic acids is 1. The molecule has 1 aromatic rings. The summed E-state index contributed by atoms with van der Waals surface area (Å²) in [6.07, 6.45) is 5.29. The molecule has 2 rings (SSSR count). The van der Waals surface area contributed by atoms with Crippen LogP contribution < -0.4 is 5.32 Å². The quantitative estimate of drug-likeness (QED) is 0.818. The molecule has 1 aromatic heterocycles. The normalized spacial score (nSPS) is 17.9. The minimum atomic E-state index is -0.180.